The normalized spacial score (nSPS) is 41.7. The van der Waals surface area contributed by atoms with Gasteiger partial charge in [-0.2, -0.15) is 0 Å². The lowest BCUT2D eigenvalue weighted by Gasteiger charge is -2.35. The highest BCUT2D eigenvalue weighted by Crippen LogP contribution is 2.31. The van der Waals surface area contributed by atoms with Gasteiger partial charge in [-0.3, -0.25) is 0 Å². The van der Waals surface area contributed by atoms with Crippen LogP contribution in [0.2, 0.25) is 0 Å². The van der Waals surface area contributed by atoms with Crippen LogP contribution in [0.25, 0.3) is 0 Å². The quantitative estimate of drug-likeness (QED) is 0.595. The first-order valence-electron chi connectivity index (χ1n) is 4.45. The molecule has 1 fully saturated rings. The van der Waals surface area contributed by atoms with E-state index < -0.39 is 0 Å². The van der Waals surface area contributed by atoms with Gasteiger partial charge in [-0.25, -0.2) is 0 Å². The summed E-state index contributed by atoms with van der Waals surface area (Å²) in [4.78, 5) is 0. The third kappa shape index (κ3) is 1.72. The van der Waals surface area contributed by atoms with Crippen molar-refractivity contribution in [3.8, 4) is 0 Å². The van der Waals surface area contributed by atoms with Crippen molar-refractivity contribution >= 4 is 0 Å². The van der Waals surface area contributed by atoms with Crippen molar-refractivity contribution in [1.82, 2.24) is 0 Å². The van der Waals surface area contributed by atoms with Crippen LogP contribution in [0.3, 0.4) is 0 Å². The summed E-state index contributed by atoms with van der Waals surface area (Å²) >= 11 is 0. The monoisotopic (exact) mass is 141 g/mol. The molecule has 1 rings (SSSR count). The van der Waals surface area contributed by atoms with Crippen LogP contribution in [0.15, 0.2) is 0 Å². The van der Waals surface area contributed by atoms with Gasteiger partial charge in [0.25, 0.3) is 0 Å². The Labute approximate surface area is 64.0 Å². The Balaban J connectivity index is 2.38. The zero-order valence-corrected chi connectivity index (χ0v) is 7.19. The van der Waals surface area contributed by atoms with E-state index in [1.54, 1.807) is 0 Å². The first-order chi connectivity index (χ1) is 4.66. The summed E-state index contributed by atoms with van der Waals surface area (Å²) in [5.74, 6) is 0.920. The summed E-state index contributed by atoms with van der Waals surface area (Å²) in [6.45, 7) is 4.53. The third-order valence-corrected chi connectivity index (χ3v) is 2.97. The second kappa shape index (κ2) is 2.91. The predicted molar refractivity (Wildman–Crippen MR) is 44.8 cm³/mol. The molecule has 1 nitrogen and oxygen atoms in total. The van der Waals surface area contributed by atoms with Crippen LogP contribution in [0.1, 0.15) is 46.0 Å². The van der Waals surface area contributed by atoms with Gasteiger partial charge in [0, 0.05) is 5.54 Å². The van der Waals surface area contributed by atoms with Crippen molar-refractivity contribution in [3.63, 3.8) is 0 Å². The molecule has 1 heteroatoms. The molecule has 1 saturated carbocycles. The highest BCUT2D eigenvalue weighted by molar-refractivity contribution is 4.87. The molecule has 0 heterocycles. The van der Waals surface area contributed by atoms with Crippen LogP contribution in [-0.4, -0.2) is 5.54 Å². The molecule has 1 aliphatic rings. The van der Waals surface area contributed by atoms with Gasteiger partial charge < -0.3 is 5.73 Å². The molecule has 0 spiro atoms. The van der Waals surface area contributed by atoms with Crippen molar-refractivity contribution < 1.29 is 0 Å². The van der Waals surface area contributed by atoms with Crippen LogP contribution < -0.4 is 5.73 Å². The van der Waals surface area contributed by atoms with E-state index in [0.29, 0.717) is 0 Å². The van der Waals surface area contributed by atoms with E-state index in [-0.39, 0.29) is 5.54 Å². The van der Waals surface area contributed by atoms with Gasteiger partial charge in [-0.1, -0.05) is 13.8 Å². The Hall–Kier alpha value is -0.0400. The molecule has 10 heavy (non-hydrogen) atoms. The van der Waals surface area contributed by atoms with E-state index in [1.165, 1.54) is 25.7 Å². The summed E-state index contributed by atoms with van der Waals surface area (Å²) in [6.07, 6.45) is 6.31. The fourth-order valence-corrected chi connectivity index (χ4v) is 1.69. The Morgan fingerprint density at radius 1 is 1.40 bits per heavy atom. The Bertz CT molecular complexity index is 101. The van der Waals surface area contributed by atoms with E-state index in [0.717, 1.165) is 12.3 Å². The summed E-state index contributed by atoms with van der Waals surface area (Å²) in [5, 5.41) is 0. The molecule has 0 bridgehead atoms. The number of hydrogen-bond acceptors (Lipinski definition) is 1. The topological polar surface area (TPSA) is 26.0 Å². The highest BCUT2D eigenvalue weighted by Gasteiger charge is 2.27. The molecule has 0 amide bonds. The molecule has 0 radical (unpaired) electrons. The maximum atomic E-state index is 6.12. The number of rotatable bonds is 1. The molecule has 0 aliphatic heterocycles. The molecule has 0 saturated heterocycles. The molecule has 0 aromatic carbocycles. The van der Waals surface area contributed by atoms with E-state index in [9.17, 15) is 0 Å². The maximum absolute atomic E-state index is 6.12. The van der Waals surface area contributed by atoms with Crippen molar-refractivity contribution in [2.75, 3.05) is 0 Å². The molecule has 2 N–H and O–H groups in total. The minimum atomic E-state index is 0.201. The summed E-state index contributed by atoms with van der Waals surface area (Å²) in [5.41, 5.74) is 6.32. The molecule has 0 atom stereocenters. The zero-order chi connectivity index (χ0) is 7.61. The van der Waals surface area contributed by atoms with Gasteiger partial charge in [-0.05, 0) is 38.0 Å². The summed E-state index contributed by atoms with van der Waals surface area (Å²) in [7, 11) is 0. The summed E-state index contributed by atoms with van der Waals surface area (Å²) < 4.78 is 0. The van der Waals surface area contributed by atoms with Crippen LogP contribution >= 0.6 is 0 Å². The largest absolute Gasteiger partial charge is 0.325 e. The molecule has 0 unspecified atom stereocenters. The Morgan fingerprint density at radius 3 is 2.30 bits per heavy atom. The fourth-order valence-electron chi connectivity index (χ4n) is 1.69. The van der Waals surface area contributed by atoms with Gasteiger partial charge in [0.2, 0.25) is 0 Å². The highest BCUT2D eigenvalue weighted by atomic mass is 14.7. The molecule has 0 aromatic heterocycles. The van der Waals surface area contributed by atoms with Crippen molar-refractivity contribution in [2.24, 2.45) is 11.7 Å². The second-order valence-corrected chi connectivity index (χ2v) is 3.90. The Morgan fingerprint density at radius 2 is 1.90 bits per heavy atom. The predicted octanol–water partition coefficient (Wildman–Crippen LogP) is 2.30. The minimum Gasteiger partial charge on any atom is -0.325 e. The van der Waals surface area contributed by atoms with Crippen LogP contribution in [0.4, 0.5) is 0 Å². The van der Waals surface area contributed by atoms with Crippen molar-refractivity contribution in [3.05, 3.63) is 0 Å². The lowest BCUT2D eigenvalue weighted by Crippen LogP contribution is -2.42. The van der Waals surface area contributed by atoms with Crippen molar-refractivity contribution in [2.45, 2.75) is 51.5 Å². The molecular formula is C9H19N. The lowest BCUT2D eigenvalue weighted by molar-refractivity contribution is 0.239. The SMILES string of the molecule is CCC1(N)CCC(C)CC1. The average molecular weight is 141 g/mol. The second-order valence-electron chi connectivity index (χ2n) is 3.90. The number of hydrogen-bond donors (Lipinski definition) is 1. The zero-order valence-electron chi connectivity index (χ0n) is 7.19. The molecular weight excluding hydrogens is 122 g/mol. The maximum Gasteiger partial charge on any atom is 0.0151 e. The van der Waals surface area contributed by atoms with Crippen molar-refractivity contribution in [1.29, 1.82) is 0 Å². The van der Waals surface area contributed by atoms with E-state index >= 15 is 0 Å². The average Bonchev–Trinajstić information content (AvgIpc) is 1.96. The molecule has 1 aliphatic carbocycles. The van der Waals surface area contributed by atoms with Gasteiger partial charge in [0.1, 0.15) is 0 Å². The first kappa shape index (κ1) is 8.06. The Kier molecular flexibility index (Phi) is 2.35. The van der Waals surface area contributed by atoms with E-state index in [4.69, 9.17) is 5.73 Å². The number of nitrogens with two attached hydrogens (primary N) is 1. The minimum absolute atomic E-state index is 0.201. The van der Waals surface area contributed by atoms with Crippen LogP contribution in [0, 0.1) is 5.92 Å². The molecule has 0 aromatic rings. The molecule has 60 valence electrons. The smallest absolute Gasteiger partial charge is 0.0151 e. The summed E-state index contributed by atoms with van der Waals surface area (Å²) in [6, 6.07) is 0. The first-order valence-corrected chi connectivity index (χ1v) is 4.45. The van der Waals surface area contributed by atoms with Crippen LogP contribution in [0.5, 0.6) is 0 Å². The van der Waals surface area contributed by atoms with Gasteiger partial charge >= 0.3 is 0 Å². The van der Waals surface area contributed by atoms with Gasteiger partial charge in [0.05, 0.1) is 0 Å². The van der Waals surface area contributed by atoms with Gasteiger partial charge in [-0.15, -0.1) is 0 Å². The lowest BCUT2D eigenvalue weighted by atomic mass is 9.76. The standard InChI is InChI=1S/C9H19N/c1-3-9(10)6-4-8(2)5-7-9/h8H,3-7,10H2,1-2H3. The fraction of sp³-hybridized carbons (Fsp3) is 1.00. The van der Waals surface area contributed by atoms with E-state index in [1.807, 2.05) is 0 Å². The third-order valence-electron chi connectivity index (χ3n) is 2.97. The van der Waals surface area contributed by atoms with Crippen LogP contribution in [-0.2, 0) is 0 Å². The van der Waals surface area contributed by atoms with Gasteiger partial charge in [0.15, 0.2) is 0 Å². The van der Waals surface area contributed by atoms with E-state index in [2.05, 4.69) is 13.8 Å².